The molecule has 3 N–H and O–H groups in total. The van der Waals surface area contributed by atoms with Gasteiger partial charge in [0, 0.05) is 35.4 Å². The van der Waals surface area contributed by atoms with Crippen molar-refractivity contribution in [2.24, 2.45) is 5.92 Å². The fourth-order valence-corrected chi connectivity index (χ4v) is 4.92. The number of nitrogens with zero attached hydrogens (tertiary/aromatic N) is 3. The lowest BCUT2D eigenvalue weighted by atomic mass is 10.0. The van der Waals surface area contributed by atoms with Crippen LogP contribution in [0.1, 0.15) is 54.2 Å². The summed E-state index contributed by atoms with van der Waals surface area (Å²) in [6.07, 6.45) is 1.37. The van der Waals surface area contributed by atoms with E-state index >= 15 is 0 Å². The van der Waals surface area contributed by atoms with Crippen molar-refractivity contribution in [2.75, 3.05) is 19.8 Å². The minimum atomic E-state index is -2.66. The van der Waals surface area contributed by atoms with E-state index in [1.165, 1.54) is 24.5 Å². The number of fused-ring (bicyclic) bond motifs is 1. The van der Waals surface area contributed by atoms with Crippen LogP contribution in [0.3, 0.4) is 0 Å². The maximum absolute atomic E-state index is 13.6. The summed E-state index contributed by atoms with van der Waals surface area (Å²) in [6.45, 7) is 3.83. The fourth-order valence-electron chi connectivity index (χ4n) is 4.92. The standard InChI is InChI=1S/C26H29F2N5O4/c1-13-7-17(9-33(13)20(35)10-34)32-26(36)21-14(2)31-24-22(29-12-30-23(21)24)18-8-16(25(27)28)5-6-19(18)37-11-15-3-4-15/h5-6,8,12-13,15,17,25,31,34H,3-4,7,9-11H2,1-2H3,(H,32,36)/t13-,17+/m1/s1. The van der Waals surface area contributed by atoms with Crippen LogP contribution < -0.4 is 10.1 Å². The maximum atomic E-state index is 13.6. The molecule has 3 heterocycles. The highest BCUT2D eigenvalue weighted by molar-refractivity contribution is 6.09. The van der Waals surface area contributed by atoms with Crippen LogP contribution in [0.2, 0.25) is 0 Å². The van der Waals surface area contributed by atoms with Crippen LogP contribution in [0.25, 0.3) is 22.3 Å². The summed E-state index contributed by atoms with van der Waals surface area (Å²) in [4.78, 5) is 38.7. The molecule has 2 atom stereocenters. The van der Waals surface area contributed by atoms with E-state index in [0.29, 0.717) is 64.8 Å². The van der Waals surface area contributed by atoms with Crippen molar-refractivity contribution < 1.29 is 28.2 Å². The van der Waals surface area contributed by atoms with Gasteiger partial charge >= 0.3 is 0 Å². The van der Waals surface area contributed by atoms with Crippen LogP contribution in [0, 0.1) is 12.8 Å². The van der Waals surface area contributed by atoms with E-state index in [9.17, 15) is 23.5 Å². The van der Waals surface area contributed by atoms with Gasteiger partial charge in [0.1, 0.15) is 29.9 Å². The number of rotatable bonds is 8. The third-order valence-corrected chi connectivity index (χ3v) is 7.05. The first-order valence-corrected chi connectivity index (χ1v) is 12.4. The number of H-pyrrole nitrogens is 1. The lowest BCUT2D eigenvalue weighted by Crippen LogP contribution is -2.40. The summed E-state index contributed by atoms with van der Waals surface area (Å²) in [5, 5.41) is 12.2. The number of nitrogens with one attached hydrogen (secondary N) is 2. The Kier molecular flexibility index (Phi) is 6.80. The average molecular weight is 514 g/mol. The number of alkyl halides is 2. The summed E-state index contributed by atoms with van der Waals surface area (Å²) >= 11 is 0. The summed E-state index contributed by atoms with van der Waals surface area (Å²) in [6, 6.07) is 3.86. The molecule has 2 fully saturated rings. The van der Waals surface area contributed by atoms with Gasteiger partial charge < -0.3 is 25.0 Å². The molecule has 1 aliphatic heterocycles. The SMILES string of the molecule is Cc1[nH]c2c(-c3cc(C(F)F)ccc3OCC3CC3)ncnc2c1C(=O)N[C@H]1C[C@@H](C)N(C(=O)CO)C1. The van der Waals surface area contributed by atoms with Gasteiger partial charge in [-0.15, -0.1) is 0 Å². The minimum Gasteiger partial charge on any atom is -0.493 e. The molecule has 0 spiro atoms. The molecule has 11 heteroatoms. The maximum Gasteiger partial charge on any atom is 0.263 e. The van der Waals surface area contributed by atoms with Crippen molar-refractivity contribution in [2.45, 2.75) is 51.6 Å². The summed E-state index contributed by atoms with van der Waals surface area (Å²) in [7, 11) is 0. The Morgan fingerprint density at radius 1 is 1.30 bits per heavy atom. The molecule has 1 saturated carbocycles. The Morgan fingerprint density at radius 3 is 2.78 bits per heavy atom. The molecule has 5 rings (SSSR count). The predicted octanol–water partition coefficient (Wildman–Crippen LogP) is 3.37. The number of carbonyl (C=O) groups is 2. The molecule has 1 saturated heterocycles. The van der Waals surface area contributed by atoms with Gasteiger partial charge in [-0.25, -0.2) is 18.7 Å². The molecule has 2 amide bonds. The van der Waals surface area contributed by atoms with Gasteiger partial charge in [-0.1, -0.05) is 0 Å². The highest BCUT2D eigenvalue weighted by Crippen LogP contribution is 2.38. The van der Waals surface area contributed by atoms with Crippen molar-refractivity contribution in [3.63, 3.8) is 0 Å². The second-order valence-corrected chi connectivity index (χ2v) is 9.84. The lowest BCUT2D eigenvalue weighted by Gasteiger charge is -2.19. The van der Waals surface area contributed by atoms with Crippen molar-refractivity contribution >= 4 is 22.8 Å². The lowest BCUT2D eigenvalue weighted by molar-refractivity contribution is -0.134. The zero-order valence-corrected chi connectivity index (χ0v) is 20.6. The number of carbonyl (C=O) groups excluding carboxylic acids is 2. The third-order valence-electron chi connectivity index (χ3n) is 7.05. The first-order chi connectivity index (χ1) is 17.8. The molecule has 37 heavy (non-hydrogen) atoms. The predicted molar refractivity (Wildman–Crippen MR) is 131 cm³/mol. The molecule has 9 nitrogen and oxygen atoms in total. The number of halogens is 2. The third kappa shape index (κ3) is 5.00. The fraction of sp³-hybridized carbons (Fsp3) is 0.462. The second-order valence-electron chi connectivity index (χ2n) is 9.84. The molecule has 2 aromatic heterocycles. The van der Waals surface area contributed by atoms with Crippen LogP contribution in [-0.4, -0.2) is 68.6 Å². The number of benzene rings is 1. The largest absolute Gasteiger partial charge is 0.493 e. The van der Waals surface area contributed by atoms with Gasteiger partial charge in [0.2, 0.25) is 5.91 Å². The molecule has 196 valence electrons. The molecule has 2 aliphatic rings. The van der Waals surface area contributed by atoms with Gasteiger partial charge in [0.05, 0.1) is 17.7 Å². The molecule has 0 radical (unpaired) electrons. The van der Waals surface area contributed by atoms with Gasteiger partial charge in [-0.2, -0.15) is 0 Å². The van der Waals surface area contributed by atoms with E-state index in [-0.39, 0.29) is 29.5 Å². The number of hydrogen-bond acceptors (Lipinski definition) is 6. The van der Waals surface area contributed by atoms with Crippen molar-refractivity contribution in [3.05, 3.63) is 41.3 Å². The Morgan fingerprint density at radius 2 is 2.08 bits per heavy atom. The van der Waals surface area contributed by atoms with E-state index in [1.807, 2.05) is 6.92 Å². The highest BCUT2D eigenvalue weighted by atomic mass is 19.3. The van der Waals surface area contributed by atoms with Crippen molar-refractivity contribution in [1.82, 2.24) is 25.2 Å². The number of ether oxygens (including phenoxy) is 1. The molecule has 1 aliphatic carbocycles. The van der Waals surface area contributed by atoms with Crippen LogP contribution >= 0.6 is 0 Å². The first-order valence-electron chi connectivity index (χ1n) is 12.4. The van der Waals surface area contributed by atoms with Gasteiger partial charge in [-0.05, 0) is 57.2 Å². The number of hydrogen-bond donors (Lipinski definition) is 3. The smallest absolute Gasteiger partial charge is 0.263 e. The Labute approximate surface area is 212 Å². The van der Waals surface area contributed by atoms with E-state index < -0.39 is 13.0 Å². The number of aryl methyl sites for hydroxylation is 1. The van der Waals surface area contributed by atoms with Gasteiger partial charge in [0.15, 0.2) is 0 Å². The average Bonchev–Trinajstić information content (AvgIpc) is 3.54. The number of amides is 2. The quantitative estimate of drug-likeness (QED) is 0.425. The number of aromatic amines is 1. The van der Waals surface area contributed by atoms with Crippen LogP contribution in [-0.2, 0) is 4.79 Å². The summed E-state index contributed by atoms with van der Waals surface area (Å²) in [5.41, 5.74) is 2.31. The van der Waals surface area contributed by atoms with E-state index in [0.717, 1.165) is 12.8 Å². The Hall–Kier alpha value is -3.60. The molecular weight excluding hydrogens is 484 g/mol. The van der Waals surface area contributed by atoms with Crippen molar-refractivity contribution in [3.8, 4) is 17.0 Å². The monoisotopic (exact) mass is 513 g/mol. The molecular formula is C26H29F2N5O4. The van der Waals surface area contributed by atoms with Crippen LogP contribution in [0.5, 0.6) is 5.75 Å². The molecule has 0 unspecified atom stereocenters. The molecule has 3 aromatic rings. The normalized spacial score (nSPS) is 19.6. The van der Waals surface area contributed by atoms with E-state index in [1.54, 1.807) is 11.8 Å². The minimum absolute atomic E-state index is 0.112. The first kappa shape index (κ1) is 25.1. The van der Waals surface area contributed by atoms with Gasteiger partial charge in [-0.3, -0.25) is 9.59 Å². The Bertz CT molecular complexity index is 1340. The number of aliphatic hydroxyl groups is 1. The molecule has 0 bridgehead atoms. The summed E-state index contributed by atoms with van der Waals surface area (Å²) in [5.74, 6) is 0.173. The Balaban J connectivity index is 1.47. The van der Waals surface area contributed by atoms with E-state index in [2.05, 4.69) is 20.3 Å². The zero-order valence-electron chi connectivity index (χ0n) is 20.6. The number of aliphatic hydroxyl groups excluding tert-OH is 1. The summed E-state index contributed by atoms with van der Waals surface area (Å²) < 4.78 is 33.1. The van der Waals surface area contributed by atoms with E-state index in [4.69, 9.17) is 4.74 Å². The number of aromatic nitrogens is 3. The second kappa shape index (κ2) is 10.0. The zero-order chi connectivity index (χ0) is 26.3. The topological polar surface area (TPSA) is 120 Å². The highest BCUT2D eigenvalue weighted by Gasteiger charge is 2.34. The van der Waals surface area contributed by atoms with Crippen LogP contribution in [0.15, 0.2) is 24.5 Å². The molecule has 1 aromatic carbocycles. The van der Waals surface area contributed by atoms with Crippen molar-refractivity contribution in [1.29, 1.82) is 0 Å². The number of likely N-dealkylation sites (tertiary alicyclic amines) is 1. The van der Waals surface area contributed by atoms with Crippen LogP contribution in [0.4, 0.5) is 8.78 Å². The van der Waals surface area contributed by atoms with Gasteiger partial charge in [0.25, 0.3) is 12.3 Å².